The number of hydrogen-bond acceptors (Lipinski definition) is 3. The molecule has 0 unspecified atom stereocenters. The number of hydrogen-bond donors (Lipinski definition) is 1. The standard InChI is InChI=1S/C20H25N3O/c1-5-9-14-12-15(20(3,4)6-2)19(24)18(13-14)23-21-16-10-7-8-11-17(16)22-23/h7-8,10-13,24H,5-6,9H2,1-4H3. The normalized spacial score (nSPS) is 12.0. The molecule has 0 spiro atoms. The molecule has 0 aliphatic rings. The fourth-order valence-electron chi connectivity index (χ4n) is 2.94. The number of nitrogens with zero attached hydrogens (tertiary/aromatic N) is 3. The molecule has 0 radical (unpaired) electrons. The van der Waals surface area contributed by atoms with E-state index in [4.69, 9.17) is 0 Å². The lowest BCUT2D eigenvalue weighted by Gasteiger charge is -2.26. The Morgan fingerprint density at radius 1 is 1.04 bits per heavy atom. The van der Waals surface area contributed by atoms with Crippen molar-refractivity contribution < 1.29 is 5.11 Å². The van der Waals surface area contributed by atoms with Crippen molar-refractivity contribution in [2.24, 2.45) is 0 Å². The first-order valence-electron chi connectivity index (χ1n) is 8.65. The van der Waals surface area contributed by atoms with Crippen LogP contribution in [0.1, 0.15) is 51.7 Å². The van der Waals surface area contributed by atoms with Crippen molar-refractivity contribution >= 4 is 11.0 Å². The van der Waals surface area contributed by atoms with Gasteiger partial charge in [-0.25, -0.2) is 0 Å². The molecule has 0 atom stereocenters. The molecule has 0 saturated carbocycles. The number of aromatic hydroxyl groups is 1. The summed E-state index contributed by atoms with van der Waals surface area (Å²) in [7, 11) is 0. The van der Waals surface area contributed by atoms with E-state index >= 15 is 0 Å². The van der Waals surface area contributed by atoms with Gasteiger partial charge in [-0.1, -0.05) is 52.3 Å². The molecule has 3 rings (SSSR count). The third-order valence-electron chi connectivity index (χ3n) is 4.80. The van der Waals surface area contributed by atoms with Gasteiger partial charge in [0.15, 0.2) is 0 Å². The molecule has 24 heavy (non-hydrogen) atoms. The van der Waals surface area contributed by atoms with Crippen molar-refractivity contribution in [2.45, 2.75) is 52.4 Å². The van der Waals surface area contributed by atoms with Crippen molar-refractivity contribution in [1.29, 1.82) is 0 Å². The van der Waals surface area contributed by atoms with E-state index in [0.29, 0.717) is 5.69 Å². The number of phenolic OH excluding ortho intramolecular Hbond substituents is 1. The number of aromatic nitrogens is 3. The Balaban J connectivity index is 2.22. The van der Waals surface area contributed by atoms with Gasteiger partial charge in [-0.15, -0.1) is 15.0 Å². The van der Waals surface area contributed by atoms with Crippen LogP contribution in [0.3, 0.4) is 0 Å². The van der Waals surface area contributed by atoms with Crippen molar-refractivity contribution in [3.8, 4) is 11.4 Å². The van der Waals surface area contributed by atoms with Crippen LogP contribution in [0.2, 0.25) is 0 Å². The lowest BCUT2D eigenvalue weighted by atomic mass is 9.80. The first-order valence-corrected chi connectivity index (χ1v) is 8.65. The molecular weight excluding hydrogens is 298 g/mol. The Morgan fingerprint density at radius 3 is 2.21 bits per heavy atom. The van der Waals surface area contributed by atoms with Crippen LogP contribution in [-0.2, 0) is 11.8 Å². The minimum absolute atomic E-state index is 0.102. The zero-order valence-corrected chi connectivity index (χ0v) is 14.9. The number of phenols is 1. The summed E-state index contributed by atoms with van der Waals surface area (Å²) in [6.45, 7) is 8.63. The van der Waals surface area contributed by atoms with Gasteiger partial charge in [-0.2, -0.15) is 0 Å². The van der Waals surface area contributed by atoms with E-state index in [9.17, 15) is 5.11 Å². The predicted octanol–water partition coefficient (Wildman–Crippen LogP) is 4.77. The van der Waals surface area contributed by atoms with Gasteiger partial charge < -0.3 is 5.11 Å². The molecule has 0 fully saturated rings. The van der Waals surface area contributed by atoms with Gasteiger partial charge in [0.2, 0.25) is 0 Å². The Morgan fingerprint density at radius 2 is 1.67 bits per heavy atom. The highest BCUT2D eigenvalue weighted by Crippen LogP contribution is 2.38. The Labute approximate surface area is 143 Å². The Kier molecular flexibility index (Phi) is 4.31. The molecule has 1 N–H and O–H groups in total. The van der Waals surface area contributed by atoms with Crippen molar-refractivity contribution in [3.05, 3.63) is 47.5 Å². The highest BCUT2D eigenvalue weighted by atomic mass is 16.3. The average molecular weight is 323 g/mol. The van der Waals surface area contributed by atoms with Crippen LogP contribution in [0.15, 0.2) is 36.4 Å². The fourth-order valence-corrected chi connectivity index (χ4v) is 2.94. The van der Waals surface area contributed by atoms with Crippen LogP contribution >= 0.6 is 0 Å². The molecule has 0 saturated heterocycles. The van der Waals surface area contributed by atoms with Crippen LogP contribution in [-0.4, -0.2) is 20.1 Å². The van der Waals surface area contributed by atoms with E-state index in [0.717, 1.165) is 35.9 Å². The fraction of sp³-hybridized carbons (Fsp3) is 0.400. The van der Waals surface area contributed by atoms with E-state index in [2.05, 4.69) is 44.0 Å². The summed E-state index contributed by atoms with van der Waals surface area (Å²) < 4.78 is 0. The highest BCUT2D eigenvalue weighted by molar-refractivity contribution is 5.73. The summed E-state index contributed by atoms with van der Waals surface area (Å²) >= 11 is 0. The van der Waals surface area contributed by atoms with Crippen LogP contribution in [0, 0.1) is 0 Å². The van der Waals surface area contributed by atoms with Crippen molar-refractivity contribution in [3.63, 3.8) is 0 Å². The van der Waals surface area contributed by atoms with Crippen LogP contribution in [0.25, 0.3) is 16.7 Å². The number of benzene rings is 2. The maximum atomic E-state index is 10.9. The monoisotopic (exact) mass is 323 g/mol. The van der Waals surface area contributed by atoms with Gasteiger partial charge in [0.1, 0.15) is 22.5 Å². The van der Waals surface area contributed by atoms with Gasteiger partial charge in [-0.05, 0) is 42.0 Å². The van der Waals surface area contributed by atoms with Crippen LogP contribution < -0.4 is 0 Å². The zero-order valence-electron chi connectivity index (χ0n) is 14.9. The molecule has 0 aliphatic heterocycles. The molecule has 0 aliphatic carbocycles. The third-order valence-corrected chi connectivity index (χ3v) is 4.80. The third kappa shape index (κ3) is 2.88. The van der Waals surface area contributed by atoms with Crippen molar-refractivity contribution in [2.75, 3.05) is 0 Å². The smallest absolute Gasteiger partial charge is 0.146 e. The number of rotatable bonds is 5. The first-order chi connectivity index (χ1) is 11.5. The predicted molar refractivity (Wildman–Crippen MR) is 97.8 cm³/mol. The van der Waals surface area contributed by atoms with Gasteiger partial charge in [-0.3, -0.25) is 0 Å². The Bertz CT molecular complexity index is 831. The van der Waals surface area contributed by atoms with Gasteiger partial charge in [0.25, 0.3) is 0 Å². The average Bonchev–Trinajstić information content (AvgIpc) is 3.00. The summed E-state index contributed by atoms with van der Waals surface area (Å²) in [6.07, 6.45) is 2.98. The summed E-state index contributed by atoms with van der Waals surface area (Å²) in [6, 6.07) is 11.9. The topological polar surface area (TPSA) is 50.9 Å². The highest BCUT2D eigenvalue weighted by Gasteiger charge is 2.25. The molecule has 2 aromatic carbocycles. The number of aryl methyl sites for hydroxylation is 1. The van der Waals surface area contributed by atoms with E-state index in [1.807, 2.05) is 30.3 Å². The summed E-state index contributed by atoms with van der Waals surface area (Å²) in [5.41, 5.74) is 4.39. The largest absolute Gasteiger partial charge is 0.505 e. The molecule has 4 heteroatoms. The van der Waals surface area contributed by atoms with Gasteiger partial charge in [0.05, 0.1) is 0 Å². The first kappa shape index (κ1) is 16.5. The second-order valence-electron chi connectivity index (χ2n) is 6.98. The molecule has 3 aromatic rings. The lowest BCUT2D eigenvalue weighted by molar-refractivity contribution is 0.423. The van der Waals surface area contributed by atoms with Crippen LogP contribution in [0.5, 0.6) is 5.75 Å². The summed E-state index contributed by atoms with van der Waals surface area (Å²) in [5, 5.41) is 20.0. The van der Waals surface area contributed by atoms with Gasteiger partial charge in [0, 0.05) is 5.56 Å². The van der Waals surface area contributed by atoms with Crippen LogP contribution in [0.4, 0.5) is 0 Å². The SMILES string of the molecule is CCCc1cc(-n2nc3ccccc3n2)c(O)c(C(C)(C)CC)c1. The second kappa shape index (κ2) is 6.27. The zero-order chi connectivity index (χ0) is 17.3. The number of fused-ring (bicyclic) bond motifs is 1. The van der Waals surface area contributed by atoms with E-state index < -0.39 is 0 Å². The second-order valence-corrected chi connectivity index (χ2v) is 6.98. The van der Waals surface area contributed by atoms with E-state index in [1.54, 1.807) is 4.80 Å². The molecule has 0 amide bonds. The van der Waals surface area contributed by atoms with Crippen molar-refractivity contribution in [1.82, 2.24) is 15.0 Å². The summed E-state index contributed by atoms with van der Waals surface area (Å²) in [4.78, 5) is 1.56. The molecule has 4 nitrogen and oxygen atoms in total. The maximum absolute atomic E-state index is 10.9. The lowest BCUT2D eigenvalue weighted by Crippen LogP contribution is -2.17. The summed E-state index contributed by atoms with van der Waals surface area (Å²) in [5.74, 6) is 0.280. The quantitative estimate of drug-likeness (QED) is 0.736. The minimum Gasteiger partial charge on any atom is -0.505 e. The molecule has 0 bridgehead atoms. The van der Waals surface area contributed by atoms with Gasteiger partial charge >= 0.3 is 0 Å². The van der Waals surface area contributed by atoms with E-state index in [1.165, 1.54) is 5.56 Å². The maximum Gasteiger partial charge on any atom is 0.146 e. The molecule has 126 valence electrons. The minimum atomic E-state index is -0.102. The van der Waals surface area contributed by atoms with E-state index in [-0.39, 0.29) is 11.2 Å². The Hall–Kier alpha value is -2.36. The molecule has 1 aromatic heterocycles. The molecular formula is C20H25N3O. The molecule has 1 heterocycles.